The normalized spacial score (nSPS) is 17.1. The number of carbonyl (C=O) groups is 1. The van der Waals surface area contributed by atoms with Gasteiger partial charge >= 0.3 is 6.03 Å². The number of nitrogens with zero attached hydrogens (tertiary/aromatic N) is 2. The van der Waals surface area contributed by atoms with Crippen molar-refractivity contribution >= 4 is 23.4 Å². The average molecular weight is 336 g/mol. The van der Waals surface area contributed by atoms with Crippen LogP contribution in [0.1, 0.15) is 6.42 Å². The summed E-state index contributed by atoms with van der Waals surface area (Å²) in [6.45, 7) is 1.07. The van der Waals surface area contributed by atoms with Crippen LogP contribution in [0.25, 0.3) is 0 Å². The van der Waals surface area contributed by atoms with Crippen LogP contribution < -0.4 is 10.1 Å². The zero-order valence-corrected chi connectivity index (χ0v) is 13.0. The van der Waals surface area contributed by atoms with Crippen LogP contribution in [0.5, 0.6) is 5.75 Å². The predicted molar refractivity (Wildman–Crippen MR) is 85.3 cm³/mol. The first kappa shape index (κ1) is 15.6. The highest BCUT2D eigenvalue weighted by atomic mass is 35.5. The lowest BCUT2D eigenvalue weighted by atomic mass is 10.3. The Labute approximate surface area is 138 Å². The Balaban J connectivity index is 1.53. The van der Waals surface area contributed by atoms with Gasteiger partial charge < -0.3 is 9.64 Å². The monoisotopic (exact) mass is 335 g/mol. The molecule has 7 heteroatoms. The second-order valence-electron chi connectivity index (χ2n) is 5.22. The van der Waals surface area contributed by atoms with Gasteiger partial charge in [0.25, 0.3) is 0 Å². The predicted octanol–water partition coefficient (Wildman–Crippen LogP) is 3.56. The first-order valence-corrected chi connectivity index (χ1v) is 7.57. The highest BCUT2D eigenvalue weighted by Crippen LogP contribution is 2.21. The highest BCUT2D eigenvalue weighted by Gasteiger charge is 2.27. The zero-order valence-electron chi connectivity index (χ0n) is 12.2. The minimum Gasteiger partial charge on any atom is -0.489 e. The molecular weight excluding hydrogens is 321 g/mol. The van der Waals surface area contributed by atoms with Crippen molar-refractivity contribution in [2.45, 2.75) is 12.5 Å². The van der Waals surface area contributed by atoms with Gasteiger partial charge in [-0.05, 0) is 36.4 Å². The summed E-state index contributed by atoms with van der Waals surface area (Å²) in [5.41, 5.74) is 0. The SMILES string of the molecule is O=C(Nc1ccc(F)cn1)N1CCC(Oc2ccc(Cl)cc2)C1. The van der Waals surface area contributed by atoms with Gasteiger partial charge in [-0.15, -0.1) is 0 Å². The van der Waals surface area contributed by atoms with Gasteiger partial charge in [0.1, 0.15) is 23.5 Å². The Kier molecular flexibility index (Phi) is 4.62. The van der Waals surface area contributed by atoms with Crippen LogP contribution in [0.3, 0.4) is 0 Å². The fourth-order valence-corrected chi connectivity index (χ4v) is 2.48. The second kappa shape index (κ2) is 6.83. The number of nitrogens with one attached hydrogen (secondary N) is 1. The Morgan fingerprint density at radius 2 is 2.09 bits per heavy atom. The first-order chi connectivity index (χ1) is 11.1. The van der Waals surface area contributed by atoms with E-state index in [1.54, 1.807) is 29.2 Å². The van der Waals surface area contributed by atoms with Crippen LogP contribution in [0.2, 0.25) is 5.02 Å². The molecule has 2 amide bonds. The fourth-order valence-electron chi connectivity index (χ4n) is 2.35. The van der Waals surface area contributed by atoms with E-state index < -0.39 is 5.82 Å². The molecule has 1 unspecified atom stereocenters. The summed E-state index contributed by atoms with van der Waals surface area (Å²) < 4.78 is 18.6. The largest absolute Gasteiger partial charge is 0.489 e. The third kappa shape index (κ3) is 4.10. The molecule has 1 N–H and O–H groups in total. The summed E-state index contributed by atoms with van der Waals surface area (Å²) in [6, 6.07) is 9.52. The lowest BCUT2D eigenvalue weighted by molar-refractivity contribution is 0.195. The van der Waals surface area contributed by atoms with E-state index in [0.29, 0.717) is 23.9 Å². The van der Waals surface area contributed by atoms with Crippen molar-refractivity contribution in [1.82, 2.24) is 9.88 Å². The molecule has 1 fully saturated rings. The number of benzene rings is 1. The molecule has 0 bridgehead atoms. The van der Waals surface area contributed by atoms with Gasteiger partial charge in [0, 0.05) is 18.0 Å². The lowest BCUT2D eigenvalue weighted by Gasteiger charge is -2.17. The van der Waals surface area contributed by atoms with E-state index in [0.717, 1.165) is 18.4 Å². The van der Waals surface area contributed by atoms with Crippen molar-refractivity contribution in [3.8, 4) is 5.75 Å². The number of anilines is 1. The number of amides is 2. The van der Waals surface area contributed by atoms with Gasteiger partial charge in [0.2, 0.25) is 0 Å². The number of urea groups is 1. The van der Waals surface area contributed by atoms with Gasteiger partial charge in [0.05, 0.1) is 12.7 Å². The third-order valence-corrected chi connectivity index (χ3v) is 3.76. The summed E-state index contributed by atoms with van der Waals surface area (Å²) in [5.74, 6) is 0.598. The maximum absolute atomic E-state index is 12.8. The molecule has 1 aromatic carbocycles. The number of rotatable bonds is 3. The lowest BCUT2D eigenvalue weighted by Crippen LogP contribution is -2.34. The minimum absolute atomic E-state index is 0.0666. The van der Waals surface area contributed by atoms with Crippen LogP contribution in [0.4, 0.5) is 15.0 Å². The van der Waals surface area contributed by atoms with Gasteiger partial charge in [-0.3, -0.25) is 5.32 Å². The molecule has 0 radical (unpaired) electrons. The number of ether oxygens (including phenoxy) is 1. The Morgan fingerprint density at radius 1 is 1.30 bits per heavy atom. The molecule has 1 aliphatic heterocycles. The Hall–Kier alpha value is -2.34. The highest BCUT2D eigenvalue weighted by molar-refractivity contribution is 6.30. The molecule has 23 heavy (non-hydrogen) atoms. The van der Waals surface area contributed by atoms with E-state index in [-0.39, 0.29) is 12.1 Å². The fraction of sp³-hybridized carbons (Fsp3) is 0.250. The number of hydrogen-bond donors (Lipinski definition) is 1. The first-order valence-electron chi connectivity index (χ1n) is 7.20. The molecule has 1 atom stereocenters. The van der Waals surface area contributed by atoms with Crippen molar-refractivity contribution < 1.29 is 13.9 Å². The summed E-state index contributed by atoms with van der Waals surface area (Å²) in [7, 11) is 0. The Bertz CT molecular complexity index is 679. The van der Waals surface area contributed by atoms with Crippen molar-refractivity contribution in [3.63, 3.8) is 0 Å². The number of halogens is 2. The van der Waals surface area contributed by atoms with Crippen LogP contribution in [0.15, 0.2) is 42.6 Å². The Morgan fingerprint density at radius 3 is 2.78 bits per heavy atom. The van der Waals surface area contributed by atoms with Crippen LogP contribution in [-0.4, -0.2) is 35.1 Å². The van der Waals surface area contributed by atoms with Gasteiger partial charge in [0.15, 0.2) is 0 Å². The van der Waals surface area contributed by atoms with Gasteiger partial charge in [-0.1, -0.05) is 11.6 Å². The number of carbonyl (C=O) groups excluding carboxylic acids is 1. The molecule has 2 heterocycles. The zero-order chi connectivity index (χ0) is 16.2. The van der Waals surface area contributed by atoms with Crippen LogP contribution in [0, 0.1) is 5.82 Å². The standard InChI is InChI=1S/C16H15ClFN3O2/c17-11-1-4-13(5-2-11)23-14-7-8-21(10-14)16(22)20-15-6-3-12(18)9-19-15/h1-6,9,14H,7-8,10H2,(H,19,20,22). The summed E-state index contributed by atoms with van der Waals surface area (Å²) in [5, 5.41) is 3.29. The van der Waals surface area contributed by atoms with Crippen molar-refractivity contribution in [2.24, 2.45) is 0 Å². The summed E-state index contributed by atoms with van der Waals surface area (Å²) in [6.07, 6.45) is 1.74. The quantitative estimate of drug-likeness (QED) is 0.933. The molecule has 0 saturated carbocycles. The van der Waals surface area contributed by atoms with Crippen molar-refractivity contribution in [2.75, 3.05) is 18.4 Å². The molecule has 1 saturated heterocycles. The number of likely N-dealkylation sites (tertiary alicyclic amines) is 1. The van der Waals surface area contributed by atoms with E-state index in [9.17, 15) is 9.18 Å². The maximum atomic E-state index is 12.8. The molecule has 3 rings (SSSR count). The molecule has 1 aliphatic rings. The maximum Gasteiger partial charge on any atom is 0.323 e. The number of aromatic nitrogens is 1. The van der Waals surface area contributed by atoms with E-state index in [4.69, 9.17) is 16.3 Å². The van der Waals surface area contributed by atoms with E-state index in [1.165, 1.54) is 12.1 Å². The smallest absolute Gasteiger partial charge is 0.323 e. The van der Waals surface area contributed by atoms with Crippen molar-refractivity contribution in [1.29, 1.82) is 0 Å². The molecule has 5 nitrogen and oxygen atoms in total. The molecule has 2 aromatic rings. The van der Waals surface area contributed by atoms with Gasteiger partial charge in [-0.25, -0.2) is 14.2 Å². The number of hydrogen-bond acceptors (Lipinski definition) is 3. The summed E-state index contributed by atoms with van der Waals surface area (Å²) in [4.78, 5) is 17.6. The van der Waals surface area contributed by atoms with Crippen LogP contribution in [-0.2, 0) is 0 Å². The van der Waals surface area contributed by atoms with Gasteiger partial charge in [-0.2, -0.15) is 0 Å². The molecule has 0 aliphatic carbocycles. The van der Waals surface area contributed by atoms with E-state index in [2.05, 4.69) is 10.3 Å². The molecule has 1 aromatic heterocycles. The number of pyridine rings is 1. The third-order valence-electron chi connectivity index (χ3n) is 3.51. The summed E-state index contributed by atoms with van der Waals surface area (Å²) >= 11 is 5.83. The average Bonchev–Trinajstić information content (AvgIpc) is 3.00. The second-order valence-corrected chi connectivity index (χ2v) is 5.66. The van der Waals surface area contributed by atoms with Crippen LogP contribution >= 0.6 is 11.6 Å². The van der Waals surface area contributed by atoms with E-state index >= 15 is 0 Å². The molecule has 0 spiro atoms. The van der Waals surface area contributed by atoms with E-state index in [1.807, 2.05) is 0 Å². The molecule has 120 valence electrons. The molecular formula is C16H15ClFN3O2. The topological polar surface area (TPSA) is 54.5 Å². The van der Waals surface area contributed by atoms with Crippen molar-refractivity contribution in [3.05, 3.63) is 53.4 Å². The minimum atomic E-state index is -0.444.